The number of ether oxygens (including phenoxy) is 1. The number of aliphatic hydroxyl groups excluding tert-OH is 1. The fraction of sp³-hybridized carbons (Fsp3) is 0.500. The van der Waals surface area contributed by atoms with Gasteiger partial charge in [0.1, 0.15) is 17.7 Å². The van der Waals surface area contributed by atoms with E-state index in [0.717, 1.165) is 28.6 Å². The number of thiophene rings is 1. The summed E-state index contributed by atoms with van der Waals surface area (Å²) in [6, 6.07) is 0. The molecule has 5 nitrogen and oxygen atoms in total. The van der Waals surface area contributed by atoms with Crippen LogP contribution in [0.5, 0.6) is 0 Å². The van der Waals surface area contributed by atoms with Gasteiger partial charge in [-0.3, -0.25) is 0 Å². The average molecular weight is 300 g/mol. The first-order valence-electron chi connectivity index (χ1n) is 6.01. The number of nitrogens with two attached hydrogens (primary N) is 1. The highest BCUT2D eigenvalue weighted by Crippen LogP contribution is 2.43. The van der Waals surface area contributed by atoms with Gasteiger partial charge < -0.3 is 15.6 Å². The fourth-order valence-electron chi connectivity index (χ4n) is 2.41. The van der Waals surface area contributed by atoms with Gasteiger partial charge in [0.05, 0.1) is 28.8 Å². The van der Waals surface area contributed by atoms with E-state index in [4.69, 9.17) is 22.1 Å². The zero-order chi connectivity index (χ0) is 13.5. The Kier molecular flexibility index (Phi) is 3.34. The van der Waals surface area contributed by atoms with E-state index in [9.17, 15) is 5.11 Å². The summed E-state index contributed by atoms with van der Waals surface area (Å²) in [6.45, 7) is -0.0633. The van der Waals surface area contributed by atoms with E-state index < -0.39 is 5.60 Å². The standard InChI is InChI=1S/C12H14ClN3O2S/c13-4-12(5-17)2-1-8(18-12)7-3-19-10-9(7)15-6-16-11(10)14/h3,6,8,17H,1-2,4-5H2,(H2,14,15,16)/t8-,12-/m1/s1. The van der Waals surface area contributed by atoms with Crippen molar-refractivity contribution in [1.29, 1.82) is 0 Å². The molecule has 0 spiro atoms. The van der Waals surface area contributed by atoms with Crippen LogP contribution >= 0.6 is 22.9 Å². The summed E-state index contributed by atoms with van der Waals surface area (Å²) in [5.41, 5.74) is 7.05. The molecule has 0 amide bonds. The summed E-state index contributed by atoms with van der Waals surface area (Å²) in [5.74, 6) is 0.782. The monoisotopic (exact) mass is 299 g/mol. The van der Waals surface area contributed by atoms with Crippen molar-refractivity contribution < 1.29 is 9.84 Å². The third kappa shape index (κ3) is 2.08. The molecule has 2 aromatic rings. The molecule has 1 aliphatic heterocycles. The molecule has 1 aliphatic rings. The smallest absolute Gasteiger partial charge is 0.144 e. The number of nitrogen functional groups attached to an aromatic ring is 1. The van der Waals surface area contributed by atoms with Crippen LogP contribution in [0, 0.1) is 0 Å². The lowest BCUT2D eigenvalue weighted by molar-refractivity contribution is -0.0588. The molecule has 2 atom stereocenters. The van der Waals surface area contributed by atoms with Crippen molar-refractivity contribution >= 4 is 39.0 Å². The van der Waals surface area contributed by atoms with E-state index in [2.05, 4.69) is 9.97 Å². The Morgan fingerprint density at radius 1 is 1.58 bits per heavy atom. The first-order chi connectivity index (χ1) is 9.19. The van der Waals surface area contributed by atoms with Crippen LogP contribution in [-0.2, 0) is 4.74 Å². The van der Waals surface area contributed by atoms with Crippen LogP contribution in [0.25, 0.3) is 10.2 Å². The predicted molar refractivity (Wildman–Crippen MR) is 75.4 cm³/mol. The largest absolute Gasteiger partial charge is 0.393 e. The van der Waals surface area contributed by atoms with Crippen LogP contribution in [0.3, 0.4) is 0 Å². The van der Waals surface area contributed by atoms with Gasteiger partial charge in [0.25, 0.3) is 0 Å². The number of hydrogen-bond acceptors (Lipinski definition) is 6. The van der Waals surface area contributed by atoms with Crippen molar-refractivity contribution in [2.75, 3.05) is 18.2 Å². The molecule has 0 radical (unpaired) electrons. The van der Waals surface area contributed by atoms with Gasteiger partial charge in [0.2, 0.25) is 0 Å². The average Bonchev–Trinajstić information content (AvgIpc) is 3.03. The zero-order valence-electron chi connectivity index (χ0n) is 10.2. The summed E-state index contributed by atoms with van der Waals surface area (Å²) in [7, 11) is 0. The summed E-state index contributed by atoms with van der Waals surface area (Å²) >= 11 is 7.42. The number of fused-ring (bicyclic) bond motifs is 1. The number of alkyl halides is 1. The second-order valence-electron chi connectivity index (χ2n) is 4.75. The molecule has 3 rings (SSSR count). The van der Waals surface area contributed by atoms with Crippen molar-refractivity contribution in [3.05, 3.63) is 17.3 Å². The van der Waals surface area contributed by atoms with Crippen molar-refractivity contribution in [1.82, 2.24) is 9.97 Å². The maximum atomic E-state index is 9.44. The Morgan fingerprint density at radius 2 is 2.42 bits per heavy atom. The molecule has 1 fully saturated rings. The number of hydrogen-bond donors (Lipinski definition) is 2. The highest BCUT2D eigenvalue weighted by molar-refractivity contribution is 7.17. The lowest BCUT2D eigenvalue weighted by atomic mass is 10.0. The fourth-order valence-corrected chi connectivity index (χ4v) is 3.65. The topological polar surface area (TPSA) is 81.3 Å². The highest BCUT2D eigenvalue weighted by Gasteiger charge is 2.40. The van der Waals surface area contributed by atoms with E-state index in [1.165, 1.54) is 17.7 Å². The quantitative estimate of drug-likeness (QED) is 0.848. The highest BCUT2D eigenvalue weighted by atomic mass is 35.5. The van der Waals surface area contributed by atoms with E-state index >= 15 is 0 Å². The second kappa shape index (κ2) is 4.86. The first kappa shape index (κ1) is 13.1. The summed E-state index contributed by atoms with van der Waals surface area (Å²) < 4.78 is 6.85. The lowest BCUT2D eigenvalue weighted by Gasteiger charge is -2.24. The molecular formula is C12H14ClN3O2S. The minimum Gasteiger partial charge on any atom is -0.393 e. The van der Waals surface area contributed by atoms with Gasteiger partial charge in [-0.2, -0.15) is 0 Å². The lowest BCUT2D eigenvalue weighted by Crippen LogP contribution is -2.34. The van der Waals surface area contributed by atoms with Crippen molar-refractivity contribution in [3.8, 4) is 0 Å². The number of halogens is 1. The molecule has 0 unspecified atom stereocenters. The van der Waals surface area contributed by atoms with Gasteiger partial charge in [0, 0.05) is 5.56 Å². The maximum Gasteiger partial charge on any atom is 0.144 e. The van der Waals surface area contributed by atoms with E-state index in [1.807, 2.05) is 5.38 Å². The maximum absolute atomic E-state index is 9.44. The Morgan fingerprint density at radius 3 is 3.11 bits per heavy atom. The molecule has 102 valence electrons. The van der Waals surface area contributed by atoms with Crippen molar-refractivity contribution in [2.24, 2.45) is 0 Å². The van der Waals surface area contributed by atoms with E-state index in [1.54, 1.807) is 0 Å². The van der Waals surface area contributed by atoms with E-state index in [0.29, 0.717) is 11.7 Å². The Labute approximate surface area is 119 Å². The second-order valence-corrected chi connectivity index (χ2v) is 5.89. The van der Waals surface area contributed by atoms with Crippen LogP contribution < -0.4 is 5.73 Å². The number of nitrogens with zero attached hydrogens (tertiary/aromatic N) is 2. The van der Waals surface area contributed by atoms with Gasteiger partial charge >= 0.3 is 0 Å². The third-order valence-electron chi connectivity index (χ3n) is 3.54. The molecule has 0 saturated carbocycles. The SMILES string of the molecule is Nc1ncnc2c([C@H]3CC[C@](CO)(CCl)O3)csc12. The Hall–Kier alpha value is -0.950. The van der Waals surface area contributed by atoms with Crippen LogP contribution in [0.2, 0.25) is 0 Å². The minimum atomic E-state index is -0.626. The summed E-state index contributed by atoms with van der Waals surface area (Å²) in [4.78, 5) is 8.27. The normalized spacial score (nSPS) is 27.2. The first-order valence-corrected chi connectivity index (χ1v) is 7.43. The molecule has 1 saturated heterocycles. The molecule has 3 heterocycles. The summed E-state index contributed by atoms with van der Waals surface area (Å²) in [6.07, 6.45) is 2.94. The Bertz CT molecular complexity index is 600. The molecule has 3 N–H and O–H groups in total. The minimum absolute atomic E-state index is 0.0633. The molecule has 2 aromatic heterocycles. The molecule has 0 bridgehead atoms. The predicted octanol–water partition coefficient (Wildman–Crippen LogP) is 2.09. The van der Waals surface area contributed by atoms with Gasteiger partial charge in [0.15, 0.2) is 0 Å². The van der Waals surface area contributed by atoms with Crippen LogP contribution in [-0.4, -0.2) is 33.2 Å². The van der Waals surface area contributed by atoms with Crippen LogP contribution in [0.15, 0.2) is 11.7 Å². The van der Waals surface area contributed by atoms with Gasteiger partial charge in [-0.15, -0.1) is 22.9 Å². The molecule has 0 aliphatic carbocycles. The van der Waals surface area contributed by atoms with Crippen molar-refractivity contribution in [3.63, 3.8) is 0 Å². The van der Waals surface area contributed by atoms with Gasteiger partial charge in [-0.25, -0.2) is 9.97 Å². The van der Waals surface area contributed by atoms with Gasteiger partial charge in [-0.1, -0.05) is 0 Å². The molecular weight excluding hydrogens is 286 g/mol. The molecule has 19 heavy (non-hydrogen) atoms. The number of anilines is 1. The third-order valence-corrected chi connectivity index (χ3v) is 5.04. The van der Waals surface area contributed by atoms with Crippen LogP contribution in [0.1, 0.15) is 24.5 Å². The van der Waals surface area contributed by atoms with Crippen LogP contribution in [0.4, 0.5) is 5.82 Å². The number of aromatic nitrogens is 2. The zero-order valence-corrected chi connectivity index (χ0v) is 11.7. The number of aliphatic hydroxyl groups is 1. The van der Waals surface area contributed by atoms with E-state index in [-0.39, 0.29) is 12.7 Å². The van der Waals surface area contributed by atoms with Gasteiger partial charge in [-0.05, 0) is 18.2 Å². The Balaban J connectivity index is 1.96. The molecule has 0 aromatic carbocycles. The van der Waals surface area contributed by atoms with Crippen molar-refractivity contribution in [2.45, 2.75) is 24.5 Å². The summed E-state index contributed by atoms with van der Waals surface area (Å²) in [5, 5.41) is 11.4. The molecule has 7 heteroatoms. The number of rotatable bonds is 3.